The summed E-state index contributed by atoms with van der Waals surface area (Å²) >= 11 is 0. The summed E-state index contributed by atoms with van der Waals surface area (Å²) in [6.07, 6.45) is 4.07. The molecule has 2 nitrogen and oxygen atoms in total. The Balaban J connectivity index is 1.61. The molecule has 0 atom stereocenters. The molecule has 4 aliphatic carbocycles. The zero-order valence-corrected chi connectivity index (χ0v) is 17.9. The fourth-order valence-corrected chi connectivity index (χ4v) is 4.37. The summed E-state index contributed by atoms with van der Waals surface area (Å²) in [5.74, 6) is 0.891. The molecule has 154 valence electrons. The van der Waals surface area contributed by atoms with Crippen molar-refractivity contribution in [3.8, 4) is 16.9 Å². The highest BCUT2D eigenvalue weighted by molar-refractivity contribution is 5.75. The minimum Gasteiger partial charge on any atom is -0.497 e. The van der Waals surface area contributed by atoms with Crippen LogP contribution in [-0.4, -0.2) is 7.11 Å². The third-order valence-electron chi connectivity index (χ3n) is 6.17. The summed E-state index contributed by atoms with van der Waals surface area (Å²) < 4.78 is 5.37. The van der Waals surface area contributed by atoms with Gasteiger partial charge in [-0.25, -0.2) is 0 Å². The summed E-state index contributed by atoms with van der Waals surface area (Å²) in [6.45, 7) is 0. The van der Waals surface area contributed by atoms with Crippen molar-refractivity contribution in [3.05, 3.63) is 113 Å². The van der Waals surface area contributed by atoms with Crippen LogP contribution in [0.3, 0.4) is 0 Å². The van der Waals surface area contributed by atoms with Crippen LogP contribution in [0.1, 0.15) is 22.3 Å². The SMILES string of the molecule is COc1ccc(-c2cc3c(Nc4ccccc4)cc2CCc2ccc(cc2)CC3)cc1. The van der Waals surface area contributed by atoms with E-state index in [1.54, 1.807) is 7.11 Å². The van der Waals surface area contributed by atoms with Gasteiger partial charge in [-0.1, -0.05) is 54.6 Å². The monoisotopic (exact) mass is 405 g/mol. The lowest BCUT2D eigenvalue weighted by Crippen LogP contribution is -2.04. The van der Waals surface area contributed by atoms with Gasteiger partial charge in [0.05, 0.1) is 7.11 Å². The van der Waals surface area contributed by atoms with Crippen molar-refractivity contribution in [2.45, 2.75) is 25.7 Å². The molecular weight excluding hydrogens is 378 g/mol. The number of methoxy groups -OCH3 is 1. The maximum Gasteiger partial charge on any atom is 0.118 e. The van der Waals surface area contributed by atoms with Crippen LogP contribution in [0.2, 0.25) is 0 Å². The number of hydrogen-bond acceptors (Lipinski definition) is 2. The molecule has 0 aromatic heterocycles. The first-order valence-electron chi connectivity index (χ1n) is 11.0. The lowest BCUT2D eigenvalue weighted by molar-refractivity contribution is 0.415. The number of rotatable bonds is 4. The maximum absolute atomic E-state index is 5.37. The van der Waals surface area contributed by atoms with Crippen LogP contribution in [0.5, 0.6) is 5.75 Å². The van der Waals surface area contributed by atoms with Crippen molar-refractivity contribution in [2.75, 3.05) is 12.4 Å². The van der Waals surface area contributed by atoms with Gasteiger partial charge in [-0.15, -0.1) is 0 Å². The Bertz CT molecular complexity index is 1160. The van der Waals surface area contributed by atoms with E-state index in [4.69, 9.17) is 4.74 Å². The number of anilines is 2. The first-order chi connectivity index (χ1) is 15.3. The normalized spacial score (nSPS) is 12.8. The Kier molecular flexibility index (Phi) is 5.45. The second-order valence-corrected chi connectivity index (χ2v) is 8.20. The standard InChI is InChI=1S/C29H27NO/c1-31-27-17-15-23(16-18-27)28-19-25-14-12-22-9-7-21(8-10-22)11-13-24(28)20-29(25)30-26-5-3-2-4-6-26/h2-10,15-20,30H,11-14H2,1H3. The number of nitrogens with one attached hydrogen (secondary N) is 1. The van der Waals surface area contributed by atoms with E-state index in [1.165, 1.54) is 39.1 Å². The number of benzene rings is 4. The van der Waals surface area contributed by atoms with E-state index in [0.717, 1.165) is 37.1 Å². The molecule has 0 saturated heterocycles. The molecule has 0 heterocycles. The van der Waals surface area contributed by atoms with Crippen molar-refractivity contribution in [1.82, 2.24) is 0 Å². The van der Waals surface area contributed by atoms with Gasteiger partial charge in [-0.3, -0.25) is 0 Å². The van der Waals surface area contributed by atoms with Gasteiger partial charge in [0, 0.05) is 11.4 Å². The van der Waals surface area contributed by atoms with Crippen LogP contribution >= 0.6 is 0 Å². The van der Waals surface area contributed by atoms with Crippen molar-refractivity contribution in [2.24, 2.45) is 0 Å². The third-order valence-corrected chi connectivity index (χ3v) is 6.17. The van der Waals surface area contributed by atoms with Gasteiger partial charge in [0.1, 0.15) is 5.75 Å². The Morgan fingerprint density at radius 2 is 1.29 bits per heavy atom. The predicted molar refractivity (Wildman–Crippen MR) is 129 cm³/mol. The average molecular weight is 406 g/mol. The molecule has 0 spiro atoms. The molecule has 0 radical (unpaired) electrons. The van der Waals surface area contributed by atoms with E-state index in [9.17, 15) is 0 Å². The Morgan fingerprint density at radius 3 is 1.94 bits per heavy atom. The van der Waals surface area contributed by atoms with E-state index in [2.05, 4.69) is 96.3 Å². The van der Waals surface area contributed by atoms with Gasteiger partial charge < -0.3 is 10.1 Å². The molecule has 4 aliphatic rings. The van der Waals surface area contributed by atoms with Crippen molar-refractivity contribution in [1.29, 1.82) is 0 Å². The van der Waals surface area contributed by atoms with Crippen molar-refractivity contribution < 1.29 is 4.74 Å². The van der Waals surface area contributed by atoms with Crippen LogP contribution < -0.4 is 10.1 Å². The fourth-order valence-electron chi connectivity index (χ4n) is 4.37. The molecule has 0 amide bonds. The van der Waals surface area contributed by atoms with Gasteiger partial charge in [0.15, 0.2) is 0 Å². The molecule has 2 heteroatoms. The topological polar surface area (TPSA) is 21.3 Å². The minimum absolute atomic E-state index is 0.891. The molecule has 4 bridgehead atoms. The average Bonchev–Trinajstić information content (AvgIpc) is 2.82. The molecule has 1 N–H and O–H groups in total. The lowest BCUT2D eigenvalue weighted by Gasteiger charge is -2.20. The Hall–Kier alpha value is -3.52. The van der Waals surface area contributed by atoms with E-state index < -0.39 is 0 Å². The van der Waals surface area contributed by atoms with Crippen LogP contribution in [0.4, 0.5) is 11.4 Å². The van der Waals surface area contributed by atoms with Crippen LogP contribution in [0.15, 0.2) is 91.0 Å². The molecule has 0 aliphatic heterocycles. The quantitative estimate of drug-likeness (QED) is 0.395. The number of aryl methyl sites for hydroxylation is 4. The zero-order chi connectivity index (χ0) is 21.0. The molecule has 0 fully saturated rings. The third kappa shape index (κ3) is 4.34. The highest BCUT2D eigenvalue weighted by atomic mass is 16.5. The first kappa shape index (κ1) is 19.4. The minimum atomic E-state index is 0.891. The number of ether oxygens (including phenoxy) is 1. The van der Waals surface area contributed by atoms with Gasteiger partial charge >= 0.3 is 0 Å². The summed E-state index contributed by atoms with van der Waals surface area (Å²) in [5.41, 5.74) is 10.4. The second-order valence-electron chi connectivity index (χ2n) is 8.20. The van der Waals surface area contributed by atoms with Gasteiger partial charge in [0.25, 0.3) is 0 Å². The van der Waals surface area contributed by atoms with E-state index in [0.29, 0.717) is 0 Å². The Morgan fingerprint density at radius 1 is 0.645 bits per heavy atom. The van der Waals surface area contributed by atoms with Crippen LogP contribution in [0, 0.1) is 0 Å². The summed E-state index contributed by atoms with van der Waals surface area (Å²) in [4.78, 5) is 0. The van der Waals surface area contributed by atoms with Crippen LogP contribution in [-0.2, 0) is 25.7 Å². The van der Waals surface area contributed by atoms with Gasteiger partial charge in [-0.2, -0.15) is 0 Å². The first-order valence-corrected chi connectivity index (χ1v) is 11.0. The molecule has 0 saturated carbocycles. The molecule has 8 rings (SSSR count). The number of hydrogen-bond donors (Lipinski definition) is 1. The number of para-hydroxylation sites is 1. The Labute approximate surface area is 184 Å². The second kappa shape index (κ2) is 8.69. The van der Waals surface area contributed by atoms with E-state index in [-0.39, 0.29) is 0 Å². The largest absolute Gasteiger partial charge is 0.497 e. The van der Waals surface area contributed by atoms with Crippen molar-refractivity contribution in [3.63, 3.8) is 0 Å². The molecule has 4 aromatic rings. The fraction of sp³-hybridized carbons (Fsp3) is 0.172. The molecule has 4 aromatic carbocycles. The summed E-state index contributed by atoms with van der Waals surface area (Å²) in [7, 11) is 1.71. The van der Waals surface area contributed by atoms with Gasteiger partial charge in [0.2, 0.25) is 0 Å². The molecule has 0 unspecified atom stereocenters. The maximum atomic E-state index is 5.37. The summed E-state index contributed by atoms with van der Waals surface area (Å²) in [5, 5.41) is 3.69. The van der Waals surface area contributed by atoms with Crippen LogP contribution in [0.25, 0.3) is 11.1 Å². The summed E-state index contributed by atoms with van der Waals surface area (Å²) in [6, 6.07) is 32.8. The van der Waals surface area contributed by atoms with Crippen molar-refractivity contribution >= 4 is 11.4 Å². The smallest absolute Gasteiger partial charge is 0.118 e. The molecule has 31 heavy (non-hydrogen) atoms. The lowest BCUT2D eigenvalue weighted by atomic mass is 9.89. The van der Waals surface area contributed by atoms with E-state index >= 15 is 0 Å². The highest BCUT2D eigenvalue weighted by Gasteiger charge is 2.14. The highest BCUT2D eigenvalue weighted by Crippen LogP contribution is 2.34. The molecular formula is C29H27NO. The van der Waals surface area contributed by atoms with Gasteiger partial charge in [-0.05, 0) is 95.5 Å². The predicted octanol–water partition coefficient (Wildman–Crippen LogP) is 6.99. The zero-order valence-electron chi connectivity index (χ0n) is 17.9. The van der Waals surface area contributed by atoms with E-state index in [1.807, 2.05) is 0 Å².